The van der Waals surface area contributed by atoms with Gasteiger partial charge in [0.1, 0.15) is 0 Å². The van der Waals surface area contributed by atoms with E-state index >= 15 is 0 Å². The summed E-state index contributed by atoms with van der Waals surface area (Å²) in [6.45, 7) is 3.16. The van der Waals surface area contributed by atoms with E-state index in [-0.39, 0.29) is 0 Å². The highest BCUT2D eigenvalue weighted by atomic mass is 16.5. The molecule has 2 rings (SSSR count). The van der Waals surface area contributed by atoms with E-state index in [1.165, 1.54) is 5.56 Å². The van der Waals surface area contributed by atoms with E-state index in [1.807, 2.05) is 55.5 Å². The van der Waals surface area contributed by atoms with Crippen molar-refractivity contribution in [3.05, 3.63) is 65.2 Å². The average Bonchev–Trinajstić information content (AvgIpc) is 2.49. The van der Waals surface area contributed by atoms with Crippen LogP contribution in [0.4, 0.5) is 5.69 Å². The lowest BCUT2D eigenvalue weighted by Crippen LogP contribution is -2.22. The van der Waals surface area contributed by atoms with Crippen molar-refractivity contribution in [3.8, 4) is 0 Å². The molecule has 0 unspecified atom stereocenters. The molecule has 0 spiro atoms. The van der Waals surface area contributed by atoms with Gasteiger partial charge in [0.25, 0.3) is 0 Å². The zero-order valence-corrected chi connectivity index (χ0v) is 12.5. The van der Waals surface area contributed by atoms with Crippen LogP contribution >= 0.6 is 0 Å². The molecule has 0 bridgehead atoms. The smallest absolute Gasteiger partial charge is 0.193 e. The van der Waals surface area contributed by atoms with Gasteiger partial charge in [0, 0.05) is 12.8 Å². The maximum Gasteiger partial charge on any atom is 0.193 e. The number of benzene rings is 2. The zero-order valence-electron chi connectivity index (χ0n) is 12.5. The van der Waals surface area contributed by atoms with Gasteiger partial charge in [0.2, 0.25) is 0 Å². The third kappa shape index (κ3) is 4.61. The first kappa shape index (κ1) is 15.1. The van der Waals surface area contributed by atoms with Crippen LogP contribution in [-0.2, 0) is 17.9 Å². The standard InChI is InChI=1S/C17H21N3O/c1-13-7-9-16(10-8-13)20-17(18)19-11-14-5-3-4-6-15(14)12-21-2/h3-10H,11-12H2,1-2H3,(H3,18,19,20). The fourth-order valence-electron chi connectivity index (χ4n) is 2.00. The molecule has 4 heteroatoms. The molecule has 0 aromatic heterocycles. The van der Waals surface area contributed by atoms with Crippen LogP contribution in [0.1, 0.15) is 16.7 Å². The van der Waals surface area contributed by atoms with Crippen LogP contribution in [0.3, 0.4) is 0 Å². The quantitative estimate of drug-likeness (QED) is 0.655. The molecule has 110 valence electrons. The summed E-state index contributed by atoms with van der Waals surface area (Å²) in [7, 11) is 1.69. The Morgan fingerprint density at radius 1 is 1.10 bits per heavy atom. The molecule has 0 aliphatic carbocycles. The number of aryl methyl sites for hydroxylation is 1. The molecule has 2 aromatic carbocycles. The summed E-state index contributed by atoms with van der Waals surface area (Å²) >= 11 is 0. The number of guanidine groups is 1. The Balaban J connectivity index is 2.01. The van der Waals surface area contributed by atoms with E-state index in [0.29, 0.717) is 19.1 Å². The lowest BCUT2D eigenvalue weighted by atomic mass is 10.1. The summed E-state index contributed by atoms with van der Waals surface area (Å²) < 4.78 is 5.19. The number of nitrogens with two attached hydrogens (primary N) is 1. The number of rotatable bonds is 5. The highest BCUT2D eigenvalue weighted by Crippen LogP contribution is 2.12. The van der Waals surface area contributed by atoms with E-state index in [0.717, 1.165) is 16.8 Å². The fraction of sp³-hybridized carbons (Fsp3) is 0.235. The van der Waals surface area contributed by atoms with E-state index in [2.05, 4.69) is 10.3 Å². The summed E-state index contributed by atoms with van der Waals surface area (Å²) in [5.41, 5.74) is 10.3. The molecular formula is C17H21N3O. The molecule has 0 aliphatic rings. The van der Waals surface area contributed by atoms with E-state index < -0.39 is 0 Å². The van der Waals surface area contributed by atoms with Gasteiger partial charge < -0.3 is 15.8 Å². The monoisotopic (exact) mass is 283 g/mol. The van der Waals surface area contributed by atoms with E-state index in [9.17, 15) is 0 Å². The molecule has 0 fully saturated rings. The predicted molar refractivity (Wildman–Crippen MR) is 87.3 cm³/mol. The number of nitrogens with one attached hydrogen (secondary N) is 1. The minimum absolute atomic E-state index is 0.408. The lowest BCUT2D eigenvalue weighted by Gasteiger charge is -2.08. The second-order valence-corrected chi connectivity index (χ2v) is 4.89. The Morgan fingerprint density at radius 3 is 2.43 bits per heavy atom. The molecule has 0 atom stereocenters. The second kappa shape index (κ2) is 7.45. The van der Waals surface area contributed by atoms with Crippen molar-refractivity contribution in [1.82, 2.24) is 0 Å². The number of nitrogens with zero attached hydrogens (tertiary/aromatic N) is 1. The maximum atomic E-state index is 5.92. The van der Waals surface area contributed by atoms with Gasteiger partial charge in [-0.15, -0.1) is 0 Å². The van der Waals surface area contributed by atoms with Gasteiger partial charge in [-0.25, -0.2) is 4.99 Å². The number of hydrogen-bond donors (Lipinski definition) is 2. The van der Waals surface area contributed by atoms with Gasteiger partial charge in [-0.3, -0.25) is 0 Å². The summed E-state index contributed by atoms with van der Waals surface area (Å²) in [5.74, 6) is 0.408. The SMILES string of the molecule is COCc1ccccc1CN=C(N)Nc1ccc(C)cc1. The highest BCUT2D eigenvalue weighted by molar-refractivity contribution is 5.92. The summed E-state index contributed by atoms with van der Waals surface area (Å²) in [6, 6.07) is 16.1. The van der Waals surface area contributed by atoms with Gasteiger partial charge in [-0.1, -0.05) is 42.0 Å². The zero-order chi connectivity index (χ0) is 15.1. The van der Waals surface area contributed by atoms with Crippen molar-refractivity contribution in [3.63, 3.8) is 0 Å². The number of anilines is 1. The Labute approximate surface area is 125 Å². The Hall–Kier alpha value is -2.33. The third-order valence-corrected chi connectivity index (χ3v) is 3.16. The Morgan fingerprint density at radius 2 is 1.76 bits per heavy atom. The van der Waals surface area contributed by atoms with Crippen molar-refractivity contribution in [2.45, 2.75) is 20.1 Å². The van der Waals surface area contributed by atoms with Crippen LogP contribution < -0.4 is 11.1 Å². The van der Waals surface area contributed by atoms with Crippen molar-refractivity contribution in [2.75, 3.05) is 12.4 Å². The molecule has 0 saturated heterocycles. The molecule has 0 amide bonds. The van der Waals surface area contributed by atoms with Gasteiger partial charge >= 0.3 is 0 Å². The van der Waals surface area contributed by atoms with Crippen LogP contribution in [0.5, 0.6) is 0 Å². The topological polar surface area (TPSA) is 59.6 Å². The minimum Gasteiger partial charge on any atom is -0.380 e. The average molecular weight is 283 g/mol. The van der Waals surface area contributed by atoms with Crippen LogP contribution in [0, 0.1) is 6.92 Å². The number of ether oxygens (including phenoxy) is 1. The first-order valence-corrected chi connectivity index (χ1v) is 6.88. The minimum atomic E-state index is 0.408. The predicted octanol–water partition coefficient (Wildman–Crippen LogP) is 3.07. The molecule has 3 N–H and O–H groups in total. The molecule has 4 nitrogen and oxygen atoms in total. The van der Waals surface area contributed by atoms with Crippen molar-refractivity contribution >= 4 is 11.6 Å². The first-order valence-electron chi connectivity index (χ1n) is 6.88. The molecule has 0 aliphatic heterocycles. The molecular weight excluding hydrogens is 262 g/mol. The number of methoxy groups -OCH3 is 1. The van der Waals surface area contributed by atoms with E-state index in [1.54, 1.807) is 7.11 Å². The second-order valence-electron chi connectivity index (χ2n) is 4.89. The maximum absolute atomic E-state index is 5.92. The van der Waals surface area contributed by atoms with E-state index in [4.69, 9.17) is 10.5 Å². The van der Waals surface area contributed by atoms with Gasteiger partial charge in [0.05, 0.1) is 13.2 Å². The Kier molecular flexibility index (Phi) is 5.35. The number of aliphatic imine (C=N–C) groups is 1. The third-order valence-electron chi connectivity index (χ3n) is 3.16. The first-order chi connectivity index (χ1) is 10.2. The van der Waals surface area contributed by atoms with Crippen LogP contribution in [-0.4, -0.2) is 13.1 Å². The molecule has 2 aromatic rings. The molecule has 0 heterocycles. The number of hydrogen-bond acceptors (Lipinski definition) is 2. The van der Waals surface area contributed by atoms with Gasteiger partial charge in [-0.05, 0) is 30.2 Å². The summed E-state index contributed by atoms with van der Waals surface area (Å²) in [6.07, 6.45) is 0. The van der Waals surface area contributed by atoms with Crippen LogP contribution in [0.25, 0.3) is 0 Å². The molecule has 0 radical (unpaired) electrons. The normalized spacial score (nSPS) is 11.4. The van der Waals surface area contributed by atoms with Crippen molar-refractivity contribution < 1.29 is 4.74 Å². The van der Waals surface area contributed by atoms with Crippen LogP contribution in [0.15, 0.2) is 53.5 Å². The highest BCUT2D eigenvalue weighted by Gasteiger charge is 2.01. The van der Waals surface area contributed by atoms with Gasteiger partial charge in [0.15, 0.2) is 5.96 Å². The molecule has 0 saturated carbocycles. The summed E-state index contributed by atoms with van der Waals surface area (Å²) in [4.78, 5) is 4.38. The van der Waals surface area contributed by atoms with Crippen LogP contribution in [0.2, 0.25) is 0 Å². The summed E-state index contributed by atoms with van der Waals surface area (Å²) in [5, 5.41) is 3.09. The Bertz CT molecular complexity index is 606. The molecule has 21 heavy (non-hydrogen) atoms. The fourth-order valence-corrected chi connectivity index (χ4v) is 2.00. The van der Waals surface area contributed by atoms with Crippen molar-refractivity contribution in [2.24, 2.45) is 10.7 Å². The van der Waals surface area contributed by atoms with Crippen molar-refractivity contribution in [1.29, 1.82) is 0 Å². The van der Waals surface area contributed by atoms with Gasteiger partial charge in [-0.2, -0.15) is 0 Å². The lowest BCUT2D eigenvalue weighted by molar-refractivity contribution is 0.184. The largest absolute Gasteiger partial charge is 0.380 e.